The number of carbonyl (C=O) groups excluding carboxylic acids is 1. The third kappa shape index (κ3) is 6.38. The molecule has 198 valence electrons. The summed E-state index contributed by atoms with van der Waals surface area (Å²) in [6.07, 6.45) is 6.06. The maximum Gasteiger partial charge on any atom is 0.264 e. The van der Waals surface area contributed by atoms with E-state index < -0.39 is 10.0 Å². The van der Waals surface area contributed by atoms with E-state index >= 15 is 0 Å². The van der Waals surface area contributed by atoms with Crippen LogP contribution in [-0.2, 0) is 16.6 Å². The van der Waals surface area contributed by atoms with E-state index in [1.54, 1.807) is 36.4 Å². The molecule has 7 nitrogen and oxygen atoms in total. The maximum atomic E-state index is 13.1. The highest BCUT2D eigenvalue weighted by molar-refractivity contribution is 7.97. The molecule has 1 saturated heterocycles. The van der Waals surface area contributed by atoms with Crippen LogP contribution in [0.3, 0.4) is 0 Å². The summed E-state index contributed by atoms with van der Waals surface area (Å²) >= 11 is 0. The molecule has 0 unspecified atom stereocenters. The minimum atomic E-state index is -3.91. The first-order valence-corrected chi connectivity index (χ1v) is 14.2. The van der Waals surface area contributed by atoms with E-state index in [-0.39, 0.29) is 16.5 Å². The topological polar surface area (TPSA) is 82.1 Å². The molecule has 2 aromatic carbocycles. The van der Waals surface area contributed by atoms with Gasteiger partial charge >= 0.3 is 0 Å². The van der Waals surface area contributed by atoms with Gasteiger partial charge in [-0.25, -0.2) is 8.42 Å². The summed E-state index contributed by atoms with van der Waals surface area (Å²) in [5, 5.41) is 0. The lowest BCUT2D eigenvalue weighted by molar-refractivity contribution is 0.0628. The lowest BCUT2D eigenvalue weighted by Gasteiger charge is -2.34. The van der Waals surface area contributed by atoms with Gasteiger partial charge in [0.1, 0.15) is 4.91 Å². The summed E-state index contributed by atoms with van der Waals surface area (Å²) in [7, 11) is -3.91. The molecule has 8 heteroatoms. The van der Waals surface area contributed by atoms with Gasteiger partial charge in [0.25, 0.3) is 15.9 Å². The van der Waals surface area contributed by atoms with Gasteiger partial charge in [0.2, 0.25) is 0 Å². The first kappa shape index (κ1) is 27.3. The molecule has 1 fully saturated rings. The van der Waals surface area contributed by atoms with Crippen LogP contribution in [0.25, 0.3) is 0 Å². The average Bonchev–Trinajstić information content (AvgIpc) is 2.90. The number of amides is 1. The highest BCUT2D eigenvalue weighted by Crippen LogP contribution is 2.23. The Labute approximate surface area is 225 Å². The highest BCUT2D eigenvalue weighted by atomic mass is 32.2. The van der Waals surface area contributed by atoms with Crippen molar-refractivity contribution in [3.05, 3.63) is 113 Å². The molecule has 1 N–H and O–H groups in total. The monoisotopic (exact) mass is 530 g/mol. The van der Waals surface area contributed by atoms with Crippen LogP contribution >= 0.6 is 0 Å². The number of nitrogens with one attached hydrogen (secondary N) is 1. The SMILES string of the molecule is C=CN=C1C(=C)C=CC=C1S(=O)(=O)Nc1ccc(C(=O)N2CCN(Cc3ccc(C(C)C)cc3)CC2)cc1. The number of carbonyl (C=O) groups is 1. The Morgan fingerprint density at radius 2 is 1.71 bits per heavy atom. The van der Waals surface area contributed by atoms with Crippen LogP contribution in [0, 0.1) is 0 Å². The molecule has 0 bridgehead atoms. The number of hydrogen-bond acceptors (Lipinski definition) is 5. The Balaban J connectivity index is 1.34. The molecule has 1 amide bonds. The zero-order valence-corrected chi connectivity index (χ0v) is 22.7. The van der Waals surface area contributed by atoms with E-state index in [0.717, 1.165) is 19.6 Å². The molecule has 1 aliphatic carbocycles. The number of hydrogen-bond donors (Lipinski definition) is 1. The second kappa shape index (κ2) is 11.8. The molecule has 1 heterocycles. The smallest absolute Gasteiger partial charge is 0.264 e. The standard InChI is InChI=1S/C30H34N4O3S/c1-5-31-29-23(4)7-6-8-28(29)38(36,37)32-27-15-13-26(14-16-27)30(35)34-19-17-33(18-20-34)21-24-9-11-25(12-10-24)22(2)3/h5-16,22,32H,1,4,17-21H2,2-3H3. The Morgan fingerprint density at radius 3 is 2.32 bits per heavy atom. The van der Waals surface area contributed by atoms with Gasteiger partial charge in [-0.1, -0.05) is 63.4 Å². The Bertz CT molecular complexity index is 1390. The number of anilines is 1. The summed E-state index contributed by atoms with van der Waals surface area (Å²) < 4.78 is 28.6. The van der Waals surface area contributed by atoms with Crippen LogP contribution in [0.5, 0.6) is 0 Å². The van der Waals surface area contributed by atoms with Gasteiger partial charge in [0, 0.05) is 50.2 Å². The fourth-order valence-electron chi connectivity index (χ4n) is 4.47. The third-order valence-corrected chi connectivity index (χ3v) is 8.10. The quantitative estimate of drug-likeness (QED) is 0.515. The van der Waals surface area contributed by atoms with Crippen molar-refractivity contribution in [2.24, 2.45) is 4.99 Å². The maximum absolute atomic E-state index is 13.1. The number of sulfonamides is 1. The fraction of sp³-hybridized carbons (Fsp3) is 0.267. The van der Waals surface area contributed by atoms with Gasteiger partial charge < -0.3 is 4.90 Å². The Hall–Kier alpha value is -3.75. The van der Waals surface area contributed by atoms with E-state index in [2.05, 4.69) is 65.9 Å². The highest BCUT2D eigenvalue weighted by Gasteiger charge is 2.26. The number of piperazine rings is 1. The number of allylic oxidation sites excluding steroid dienone is 5. The van der Waals surface area contributed by atoms with Crippen molar-refractivity contribution < 1.29 is 13.2 Å². The van der Waals surface area contributed by atoms with E-state index in [4.69, 9.17) is 0 Å². The van der Waals surface area contributed by atoms with Gasteiger partial charge in [0.15, 0.2) is 0 Å². The van der Waals surface area contributed by atoms with Crippen molar-refractivity contribution in [1.29, 1.82) is 0 Å². The summed E-state index contributed by atoms with van der Waals surface area (Å²) in [5.41, 5.74) is 4.22. The van der Waals surface area contributed by atoms with Crippen molar-refractivity contribution in [3.63, 3.8) is 0 Å². The van der Waals surface area contributed by atoms with E-state index in [9.17, 15) is 13.2 Å². The largest absolute Gasteiger partial charge is 0.336 e. The molecule has 0 spiro atoms. The zero-order valence-electron chi connectivity index (χ0n) is 21.9. The molecular formula is C30H34N4O3S. The molecule has 2 aliphatic rings. The van der Waals surface area contributed by atoms with E-state index in [1.165, 1.54) is 23.4 Å². The van der Waals surface area contributed by atoms with Gasteiger partial charge in [-0.3, -0.25) is 19.4 Å². The number of benzene rings is 2. The molecule has 0 radical (unpaired) electrons. The van der Waals surface area contributed by atoms with Crippen LogP contribution in [0.2, 0.25) is 0 Å². The van der Waals surface area contributed by atoms with Crippen molar-refractivity contribution in [3.8, 4) is 0 Å². The first-order valence-electron chi connectivity index (χ1n) is 12.7. The van der Waals surface area contributed by atoms with Gasteiger partial charge in [-0.05, 0) is 53.0 Å². The molecule has 1 aliphatic heterocycles. The number of nitrogens with zero attached hydrogens (tertiary/aromatic N) is 3. The summed E-state index contributed by atoms with van der Waals surface area (Å²) in [5.74, 6) is 0.460. The third-order valence-electron chi connectivity index (χ3n) is 6.69. The zero-order chi connectivity index (χ0) is 27.3. The lowest BCUT2D eigenvalue weighted by atomic mass is 10.0. The van der Waals surface area contributed by atoms with Crippen LogP contribution in [0.1, 0.15) is 41.3 Å². The van der Waals surface area contributed by atoms with Crippen LogP contribution in [-0.4, -0.2) is 56.0 Å². The number of rotatable bonds is 8. The van der Waals surface area contributed by atoms with Crippen molar-refractivity contribution in [2.45, 2.75) is 26.3 Å². The molecule has 38 heavy (non-hydrogen) atoms. The predicted molar refractivity (Wildman–Crippen MR) is 155 cm³/mol. The average molecular weight is 531 g/mol. The van der Waals surface area contributed by atoms with E-state index in [1.807, 2.05) is 4.90 Å². The van der Waals surface area contributed by atoms with Gasteiger partial charge in [-0.2, -0.15) is 0 Å². The minimum Gasteiger partial charge on any atom is -0.336 e. The molecule has 0 aromatic heterocycles. The van der Waals surface area contributed by atoms with Crippen LogP contribution in [0.4, 0.5) is 5.69 Å². The number of aliphatic imine (C=N–C) groups is 1. The van der Waals surface area contributed by atoms with Crippen LogP contribution in [0.15, 0.2) is 102 Å². The lowest BCUT2D eigenvalue weighted by Crippen LogP contribution is -2.48. The molecular weight excluding hydrogens is 496 g/mol. The Morgan fingerprint density at radius 1 is 1.05 bits per heavy atom. The minimum absolute atomic E-state index is 0.0128. The van der Waals surface area contributed by atoms with E-state index in [0.29, 0.717) is 35.8 Å². The molecule has 0 saturated carbocycles. The Kier molecular flexibility index (Phi) is 8.44. The van der Waals surface area contributed by atoms with Gasteiger partial charge in [0.05, 0.1) is 5.71 Å². The summed E-state index contributed by atoms with van der Waals surface area (Å²) in [6, 6.07) is 15.3. The second-order valence-corrected chi connectivity index (χ2v) is 11.4. The fourth-order valence-corrected chi connectivity index (χ4v) is 5.72. The first-order chi connectivity index (χ1) is 18.2. The summed E-state index contributed by atoms with van der Waals surface area (Å²) in [6.45, 7) is 15.6. The molecule has 4 rings (SSSR count). The predicted octanol–water partition coefficient (Wildman–Crippen LogP) is 5.10. The van der Waals surface area contributed by atoms with Crippen molar-refractivity contribution >= 4 is 27.3 Å². The van der Waals surface area contributed by atoms with Gasteiger partial charge in [-0.15, -0.1) is 0 Å². The molecule has 0 atom stereocenters. The van der Waals surface area contributed by atoms with Crippen LogP contribution < -0.4 is 4.72 Å². The van der Waals surface area contributed by atoms with Crippen molar-refractivity contribution in [2.75, 3.05) is 30.9 Å². The summed E-state index contributed by atoms with van der Waals surface area (Å²) in [4.78, 5) is 21.4. The van der Waals surface area contributed by atoms with Crippen molar-refractivity contribution in [1.82, 2.24) is 9.80 Å². The normalized spacial score (nSPS) is 17.6. The molecule has 2 aromatic rings. The second-order valence-electron chi connectivity index (χ2n) is 9.72.